The Morgan fingerprint density at radius 1 is 1.24 bits per heavy atom. The molecule has 9 heteroatoms. The summed E-state index contributed by atoms with van der Waals surface area (Å²) in [5, 5.41) is 13.9. The van der Waals surface area contributed by atoms with E-state index in [1.807, 2.05) is 68.6 Å². The summed E-state index contributed by atoms with van der Waals surface area (Å²) >= 11 is 6.32. The summed E-state index contributed by atoms with van der Waals surface area (Å²) in [6.45, 7) is 4.03. The Hall–Kier alpha value is -3.43. The molecule has 0 spiro atoms. The molecule has 1 aromatic heterocycles. The lowest BCUT2D eigenvalue weighted by molar-refractivity contribution is -0.140. The van der Waals surface area contributed by atoms with Crippen LogP contribution in [0, 0.1) is 6.92 Å². The monoisotopic (exact) mass is 479 g/mol. The van der Waals surface area contributed by atoms with E-state index in [4.69, 9.17) is 27.2 Å². The van der Waals surface area contributed by atoms with Gasteiger partial charge in [0.25, 0.3) is 5.91 Å². The van der Waals surface area contributed by atoms with Crippen molar-refractivity contribution in [3.05, 3.63) is 70.8 Å². The van der Waals surface area contributed by atoms with Crippen LogP contribution in [0.5, 0.6) is 5.75 Å². The summed E-state index contributed by atoms with van der Waals surface area (Å²) in [7, 11) is 0. The number of carboxylic acids is 1. The smallest absolute Gasteiger partial charge is 0.323 e. The van der Waals surface area contributed by atoms with Crippen LogP contribution in [0.2, 0.25) is 0 Å². The molecule has 0 aliphatic carbocycles. The molecule has 0 saturated carbocycles. The van der Waals surface area contributed by atoms with E-state index in [-0.39, 0.29) is 4.32 Å². The van der Waals surface area contributed by atoms with Gasteiger partial charge in [-0.1, -0.05) is 42.2 Å². The third-order valence-corrected chi connectivity index (χ3v) is 6.36. The molecule has 3 aromatic rings. The lowest BCUT2D eigenvalue weighted by Crippen LogP contribution is -2.33. The molecular formula is C24H21N3O4S2. The molecule has 1 N–H and O–H groups in total. The number of thioether (sulfide) groups is 1. The molecule has 168 valence electrons. The minimum absolute atomic E-state index is 0.225. The number of carbonyl (C=O) groups excluding carboxylic acids is 1. The normalized spacial score (nSPS) is 14.8. The van der Waals surface area contributed by atoms with Crippen LogP contribution in [0.1, 0.15) is 18.1 Å². The van der Waals surface area contributed by atoms with Gasteiger partial charge in [0, 0.05) is 17.3 Å². The van der Waals surface area contributed by atoms with E-state index in [0.29, 0.717) is 17.2 Å². The number of carbonyl (C=O) groups is 2. The number of nitrogens with zero attached hydrogens (tertiary/aromatic N) is 3. The SMILES string of the molecule is CCOc1ccc(-c2nn(-c3ccccc3)cc2/C=C2/SC(=S)N(CC(=O)O)C2=O)c(C)c1. The highest BCUT2D eigenvalue weighted by Crippen LogP contribution is 2.36. The number of hydrogen-bond acceptors (Lipinski definition) is 6. The quantitative estimate of drug-likeness (QED) is 0.394. The zero-order valence-corrected chi connectivity index (χ0v) is 19.7. The van der Waals surface area contributed by atoms with Crippen molar-refractivity contribution in [2.24, 2.45) is 0 Å². The van der Waals surface area contributed by atoms with Gasteiger partial charge in [0.15, 0.2) is 0 Å². The predicted molar refractivity (Wildman–Crippen MR) is 132 cm³/mol. The average molecular weight is 480 g/mol. The lowest BCUT2D eigenvalue weighted by atomic mass is 10.0. The second kappa shape index (κ2) is 9.60. The van der Waals surface area contributed by atoms with Crippen LogP contribution in [-0.2, 0) is 9.59 Å². The number of hydrogen-bond donors (Lipinski definition) is 1. The lowest BCUT2D eigenvalue weighted by Gasteiger charge is -2.10. The molecule has 1 fully saturated rings. The second-order valence-electron chi connectivity index (χ2n) is 7.28. The molecule has 2 heterocycles. The number of carboxylic acid groups (broad SMARTS) is 1. The minimum Gasteiger partial charge on any atom is -0.494 e. The highest BCUT2D eigenvalue weighted by Gasteiger charge is 2.33. The zero-order chi connectivity index (χ0) is 23.5. The van der Waals surface area contributed by atoms with Crippen LogP contribution >= 0.6 is 24.0 Å². The number of amides is 1. The van der Waals surface area contributed by atoms with Gasteiger partial charge in [-0.2, -0.15) is 5.10 Å². The van der Waals surface area contributed by atoms with E-state index in [0.717, 1.165) is 44.8 Å². The molecule has 0 bridgehead atoms. The third kappa shape index (κ3) is 4.84. The molecule has 7 nitrogen and oxygen atoms in total. The Balaban J connectivity index is 1.80. The van der Waals surface area contributed by atoms with Gasteiger partial charge in [-0.3, -0.25) is 14.5 Å². The number of rotatable bonds is 7. The van der Waals surface area contributed by atoms with Crippen LogP contribution < -0.4 is 4.74 Å². The highest BCUT2D eigenvalue weighted by molar-refractivity contribution is 8.26. The summed E-state index contributed by atoms with van der Waals surface area (Å²) in [6.07, 6.45) is 3.57. The molecule has 0 radical (unpaired) electrons. The first-order valence-corrected chi connectivity index (χ1v) is 11.5. The van der Waals surface area contributed by atoms with Gasteiger partial charge in [-0.05, 0) is 55.8 Å². The number of aromatic nitrogens is 2. The summed E-state index contributed by atoms with van der Waals surface area (Å²) in [5.74, 6) is -0.762. The van der Waals surface area contributed by atoms with Gasteiger partial charge in [-0.15, -0.1) is 0 Å². The first-order chi connectivity index (χ1) is 15.9. The van der Waals surface area contributed by atoms with Crippen LogP contribution in [0.4, 0.5) is 0 Å². The average Bonchev–Trinajstić information content (AvgIpc) is 3.31. The van der Waals surface area contributed by atoms with Crippen molar-refractivity contribution >= 4 is 46.3 Å². The number of aryl methyl sites for hydroxylation is 1. The van der Waals surface area contributed by atoms with Gasteiger partial charge in [0.05, 0.1) is 17.2 Å². The molecule has 0 atom stereocenters. The number of para-hydroxylation sites is 1. The third-order valence-electron chi connectivity index (χ3n) is 4.98. The maximum absolute atomic E-state index is 12.8. The number of ether oxygens (including phenoxy) is 1. The summed E-state index contributed by atoms with van der Waals surface area (Å²) < 4.78 is 7.59. The zero-order valence-electron chi connectivity index (χ0n) is 18.0. The highest BCUT2D eigenvalue weighted by atomic mass is 32.2. The number of thiocarbonyl (C=S) groups is 1. The van der Waals surface area contributed by atoms with Crippen LogP contribution in [0.15, 0.2) is 59.6 Å². The minimum atomic E-state index is -1.12. The molecular weight excluding hydrogens is 458 g/mol. The van der Waals surface area contributed by atoms with Crippen LogP contribution in [-0.4, -0.2) is 49.1 Å². The van der Waals surface area contributed by atoms with Crippen molar-refractivity contribution in [3.63, 3.8) is 0 Å². The fraction of sp³-hybridized carbons (Fsp3) is 0.167. The van der Waals surface area contributed by atoms with E-state index in [1.54, 1.807) is 10.8 Å². The number of aliphatic carboxylic acids is 1. The second-order valence-corrected chi connectivity index (χ2v) is 8.96. The van der Waals surface area contributed by atoms with E-state index < -0.39 is 18.4 Å². The summed E-state index contributed by atoms with van der Waals surface area (Å²) in [6, 6.07) is 15.5. The van der Waals surface area contributed by atoms with Crippen LogP contribution in [0.25, 0.3) is 23.0 Å². The standard InChI is InChI=1S/C24H21N3O4S2/c1-3-31-18-9-10-19(15(2)11-18)22-16(13-27(25-22)17-7-5-4-6-8-17)12-20-23(30)26(14-21(28)29)24(32)33-20/h4-13H,3,14H2,1-2H3,(H,28,29)/b20-12+. The van der Waals surface area contributed by atoms with Gasteiger partial charge >= 0.3 is 5.97 Å². The molecule has 0 unspecified atom stereocenters. The Morgan fingerprint density at radius 2 is 2.00 bits per heavy atom. The van der Waals surface area contributed by atoms with Gasteiger partial charge < -0.3 is 9.84 Å². The Labute approximate surface area is 200 Å². The summed E-state index contributed by atoms with van der Waals surface area (Å²) in [5.41, 5.74) is 4.18. The van der Waals surface area contributed by atoms with E-state index in [2.05, 4.69) is 0 Å². The first-order valence-electron chi connectivity index (χ1n) is 10.2. The fourth-order valence-electron chi connectivity index (χ4n) is 3.49. The molecule has 1 saturated heterocycles. The van der Waals surface area contributed by atoms with Crippen molar-refractivity contribution in [1.82, 2.24) is 14.7 Å². The van der Waals surface area contributed by atoms with Crippen molar-refractivity contribution in [2.45, 2.75) is 13.8 Å². The molecule has 4 rings (SSSR count). The molecule has 33 heavy (non-hydrogen) atoms. The molecule has 1 aliphatic heterocycles. The van der Waals surface area contributed by atoms with Crippen molar-refractivity contribution in [3.8, 4) is 22.7 Å². The fourth-order valence-corrected chi connectivity index (χ4v) is 4.73. The Morgan fingerprint density at radius 3 is 2.67 bits per heavy atom. The van der Waals surface area contributed by atoms with Crippen molar-refractivity contribution in [2.75, 3.05) is 13.2 Å². The molecule has 2 aromatic carbocycles. The first kappa shape index (κ1) is 22.8. The van der Waals surface area contributed by atoms with E-state index in [1.165, 1.54) is 0 Å². The summed E-state index contributed by atoms with van der Waals surface area (Å²) in [4.78, 5) is 25.4. The van der Waals surface area contributed by atoms with Crippen molar-refractivity contribution < 1.29 is 19.4 Å². The van der Waals surface area contributed by atoms with E-state index >= 15 is 0 Å². The van der Waals surface area contributed by atoms with Crippen LogP contribution in [0.3, 0.4) is 0 Å². The maximum Gasteiger partial charge on any atom is 0.323 e. The maximum atomic E-state index is 12.8. The topological polar surface area (TPSA) is 84.7 Å². The van der Waals surface area contributed by atoms with Gasteiger partial charge in [0.1, 0.15) is 22.3 Å². The van der Waals surface area contributed by atoms with Gasteiger partial charge in [0.2, 0.25) is 0 Å². The Kier molecular flexibility index (Phi) is 6.62. The predicted octanol–water partition coefficient (Wildman–Crippen LogP) is 4.53. The van der Waals surface area contributed by atoms with Crippen molar-refractivity contribution in [1.29, 1.82) is 0 Å². The number of benzene rings is 2. The largest absolute Gasteiger partial charge is 0.494 e. The van der Waals surface area contributed by atoms with Gasteiger partial charge in [-0.25, -0.2) is 4.68 Å². The molecule has 1 aliphatic rings. The van der Waals surface area contributed by atoms with E-state index in [9.17, 15) is 9.59 Å². The Bertz CT molecular complexity index is 1270. The molecule has 1 amide bonds.